The van der Waals surface area contributed by atoms with E-state index in [1.54, 1.807) is 22.8 Å². The Morgan fingerprint density at radius 2 is 2.17 bits per heavy atom. The molecule has 4 heterocycles. The van der Waals surface area contributed by atoms with Crippen LogP contribution in [0.3, 0.4) is 0 Å². The van der Waals surface area contributed by atoms with E-state index in [1.165, 1.54) is 21.5 Å². The van der Waals surface area contributed by atoms with Crippen LogP contribution in [-0.2, 0) is 12.2 Å². The molecule has 9 heteroatoms. The van der Waals surface area contributed by atoms with Crippen LogP contribution >= 0.6 is 34.9 Å². The van der Waals surface area contributed by atoms with Gasteiger partial charge in [0.25, 0.3) is 5.56 Å². The van der Waals surface area contributed by atoms with Gasteiger partial charge in [-0.05, 0) is 48.8 Å². The molecule has 1 aromatic carbocycles. The van der Waals surface area contributed by atoms with Crippen LogP contribution in [0.1, 0.15) is 29.3 Å². The highest BCUT2D eigenvalue weighted by atomic mass is 32.2. The molecule has 0 amide bonds. The van der Waals surface area contributed by atoms with Crippen molar-refractivity contribution in [3.05, 3.63) is 57.5 Å². The third-order valence-corrected chi connectivity index (χ3v) is 8.16. The summed E-state index contributed by atoms with van der Waals surface area (Å²) in [4.78, 5) is 19.4. The van der Waals surface area contributed by atoms with Gasteiger partial charge in [0.05, 0.1) is 21.0 Å². The molecule has 1 aliphatic rings. The second-order valence-electron chi connectivity index (χ2n) is 6.88. The van der Waals surface area contributed by atoms with E-state index < -0.39 is 0 Å². The van der Waals surface area contributed by atoms with Gasteiger partial charge in [-0.15, -0.1) is 33.3 Å². The highest BCUT2D eigenvalue weighted by Gasteiger charge is 2.23. The lowest BCUT2D eigenvalue weighted by Crippen LogP contribution is -2.22. The van der Waals surface area contributed by atoms with Crippen LogP contribution < -0.4 is 5.56 Å². The van der Waals surface area contributed by atoms with E-state index in [9.17, 15) is 4.79 Å². The van der Waals surface area contributed by atoms with Crippen molar-refractivity contribution >= 4 is 45.1 Å². The summed E-state index contributed by atoms with van der Waals surface area (Å²) < 4.78 is 8.46. The monoisotopic (exact) mass is 442 g/mol. The maximum atomic E-state index is 13.7. The van der Waals surface area contributed by atoms with Crippen LogP contribution in [0.15, 0.2) is 42.8 Å². The van der Waals surface area contributed by atoms with Crippen LogP contribution in [0, 0.1) is 13.8 Å². The number of nitrogens with zero attached hydrogens (tertiary/aromatic N) is 4. The summed E-state index contributed by atoms with van der Waals surface area (Å²) >= 11 is 4.92. The summed E-state index contributed by atoms with van der Waals surface area (Å²) in [6.07, 6.45) is 2.04. The van der Waals surface area contributed by atoms with Crippen molar-refractivity contribution in [3.63, 3.8) is 0 Å². The van der Waals surface area contributed by atoms with Crippen molar-refractivity contribution in [3.8, 4) is 5.69 Å². The fraction of sp³-hybridized carbons (Fsp3) is 0.300. The van der Waals surface area contributed by atoms with E-state index in [1.807, 2.05) is 43.0 Å². The lowest BCUT2D eigenvalue weighted by atomic mass is 10.1. The zero-order valence-corrected chi connectivity index (χ0v) is 18.4. The highest BCUT2D eigenvalue weighted by molar-refractivity contribution is 8.01. The standard InChI is InChI=1S/C20H18N4O2S3/c1-11-5-3-6-13(9-11)24-18(25)16-14-7-4-8-27-19(14)29-17(16)21-20(24)28-10-15-23-22-12(2)26-15/h3,5-6,9H,4,7-8,10H2,1-2H3. The zero-order chi connectivity index (χ0) is 20.0. The van der Waals surface area contributed by atoms with Gasteiger partial charge < -0.3 is 4.42 Å². The number of thioether (sulfide) groups is 2. The van der Waals surface area contributed by atoms with Crippen LogP contribution in [0.2, 0.25) is 0 Å². The average molecular weight is 443 g/mol. The molecule has 0 unspecified atom stereocenters. The maximum Gasteiger partial charge on any atom is 0.267 e. The van der Waals surface area contributed by atoms with Gasteiger partial charge in [-0.2, -0.15) is 0 Å². The SMILES string of the molecule is Cc1cccc(-n2c(SCc3nnc(C)o3)nc3sc4c(c3c2=O)CCCS4)c1. The first-order chi connectivity index (χ1) is 14.1. The Bertz CT molecular complexity index is 1270. The summed E-state index contributed by atoms with van der Waals surface area (Å²) in [6.45, 7) is 3.79. The molecule has 4 aromatic rings. The van der Waals surface area contributed by atoms with Crippen LogP contribution in [0.4, 0.5) is 0 Å². The van der Waals surface area contributed by atoms with Gasteiger partial charge >= 0.3 is 0 Å². The van der Waals surface area contributed by atoms with E-state index in [4.69, 9.17) is 9.40 Å². The topological polar surface area (TPSA) is 73.8 Å². The Labute approximate surface area is 179 Å². The largest absolute Gasteiger partial charge is 0.425 e. The lowest BCUT2D eigenvalue weighted by Gasteiger charge is -2.13. The summed E-state index contributed by atoms with van der Waals surface area (Å²) in [5.41, 5.74) is 3.10. The smallest absolute Gasteiger partial charge is 0.267 e. The first-order valence-electron chi connectivity index (χ1n) is 9.30. The molecule has 29 heavy (non-hydrogen) atoms. The van der Waals surface area contributed by atoms with E-state index in [-0.39, 0.29) is 5.56 Å². The molecule has 6 nitrogen and oxygen atoms in total. The molecule has 0 saturated carbocycles. The van der Waals surface area contributed by atoms with E-state index >= 15 is 0 Å². The summed E-state index contributed by atoms with van der Waals surface area (Å²) in [6, 6.07) is 7.97. The molecule has 5 rings (SSSR count). The fourth-order valence-electron chi connectivity index (χ4n) is 3.44. The molecular weight excluding hydrogens is 424 g/mol. The number of benzene rings is 1. The molecule has 0 fully saturated rings. The zero-order valence-electron chi connectivity index (χ0n) is 16.0. The third kappa shape index (κ3) is 3.51. The van der Waals surface area contributed by atoms with Gasteiger partial charge in [0.2, 0.25) is 11.8 Å². The Morgan fingerprint density at radius 1 is 1.28 bits per heavy atom. The Kier molecular flexibility index (Phi) is 4.97. The molecule has 1 aliphatic heterocycles. The normalized spacial score (nSPS) is 13.7. The van der Waals surface area contributed by atoms with Gasteiger partial charge in [-0.25, -0.2) is 4.98 Å². The van der Waals surface area contributed by atoms with Crippen molar-refractivity contribution in [2.45, 2.75) is 41.8 Å². The van der Waals surface area contributed by atoms with E-state index in [0.29, 0.717) is 22.7 Å². The van der Waals surface area contributed by atoms with Crippen LogP contribution in [0.25, 0.3) is 15.9 Å². The minimum atomic E-state index is 0.00445. The summed E-state index contributed by atoms with van der Waals surface area (Å²) in [7, 11) is 0. The van der Waals surface area contributed by atoms with Crippen molar-refractivity contribution in [2.24, 2.45) is 0 Å². The van der Waals surface area contributed by atoms with Crippen molar-refractivity contribution in [1.29, 1.82) is 0 Å². The van der Waals surface area contributed by atoms with Crippen molar-refractivity contribution in [2.75, 3.05) is 5.75 Å². The molecule has 0 saturated heterocycles. The molecule has 3 aromatic heterocycles. The van der Waals surface area contributed by atoms with E-state index in [2.05, 4.69) is 10.2 Å². The number of hydrogen-bond donors (Lipinski definition) is 0. The second kappa shape index (κ2) is 7.62. The molecule has 0 atom stereocenters. The van der Waals surface area contributed by atoms with Crippen molar-refractivity contribution < 1.29 is 4.42 Å². The van der Waals surface area contributed by atoms with Gasteiger partial charge in [0, 0.05) is 6.92 Å². The van der Waals surface area contributed by atoms with Crippen LogP contribution in [-0.4, -0.2) is 25.5 Å². The molecule has 148 valence electrons. The second-order valence-corrected chi connectivity index (χ2v) is 10.2. The predicted octanol–water partition coefficient (Wildman–Crippen LogP) is 4.78. The number of aryl methyl sites for hydroxylation is 3. The fourth-order valence-corrected chi connectivity index (χ4v) is 6.86. The van der Waals surface area contributed by atoms with Gasteiger partial charge in [-0.1, -0.05) is 23.9 Å². The first kappa shape index (κ1) is 18.9. The molecule has 0 N–H and O–H groups in total. The number of hydrogen-bond acceptors (Lipinski definition) is 8. The lowest BCUT2D eigenvalue weighted by molar-refractivity contribution is 0.485. The molecule has 0 aliphatic carbocycles. The minimum absolute atomic E-state index is 0.00445. The Hall–Kier alpha value is -2.10. The molecular formula is C20H18N4O2S3. The number of aromatic nitrogens is 4. The minimum Gasteiger partial charge on any atom is -0.425 e. The first-order valence-corrected chi connectivity index (χ1v) is 12.1. The number of rotatable bonds is 4. The predicted molar refractivity (Wildman–Crippen MR) is 118 cm³/mol. The number of fused-ring (bicyclic) bond motifs is 3. The van der Waals surface area contributed by atoms with Gasteiger partial charge in [0.1, 0.15) is 4.83 Å². The third-order valence-electron chi connectivity index (χ3n) is 4.71. The molecule has 0 radical (unpaired) electrons. The average Bonchev–Trinajstić information content (AvgIpc) is 3.29. The quantitative estimate of drug-likeness (QED) is 0.333. The van der Waals surface area contributed by atoms with E-state index in [0.717, 1.165) is 40.1 Å². The Balaban J connectivity index is 1.69. The number of thiophene rings is 1. The summed E-state index contributed by atoms with van der Waals surface area (Å²) in [5.74, 6) is 2.62. The molecule has 0 spiro atoms. The van der Waals surface area contributed by atoms with Crippen LogP contribution in [0.5, 0.6) is 0 Å². The molecule has 0 bridgehead atoms. The Morgan fingerprint density at radius 3 is 2.97 bits per heavy atom. The summed E-state index contributed by atoms with van der Waals surface area (Å²) in [5, 5.41) is 9.37. The van der Waals surface area contributed by atoms with Gasteiger partial charge in [-0.3, -0.25) is 9.36 Å². The maximum absolute atomic E-state index is 13.7. The van der Waals surface area contributed by atoms with Crippen molar-refractivity contribution in [1.82, 2.24) is 19.7 Å². The van der Waals surface area contributed by atoms with Gasteiger partial charge in [0.15, 0.2) is 5.16 Å². The highest BCUT2D eigenvalue weighted by Crippen LogP contribution is 2.41.